The van der Waals surface area contributed by atoms with E-state index in [1.165, 1.54) is 7.11 Å². The fraction of sp³-hybridized carbons (Fsp3) is 0.632. The quantitative estimate of drug-likeness (QED) is 0.546. The molecule has 144 valence electrons. The number of benzene rings is 1. The zero-order valence-electron chi connectivity index (χ0n) is 16.8. The summed E-state index contributed by atoms with van der Waals surface area (Å²) in [6.45, 7) is 10.4. The van der Waals surface area contributed by atoms with Gasteiger partial charge in [-0.25, -0.2) is 0 Å². The Labute approximate surface area is 156 Å². The molecule has 1 fully saturated rings. The summed E-state index contributed by atoms with van der Waals surface area (Å²) >= 11 is 0. The van der Waals surface area contributed by atoms with E-state index in [9.17, 15) is 4.79 Å². The Kier molecular flexibility index (Phi) is 6.24. The van der Waals surface area contributed by atoms with Gasteiger partial charge in [-0.1, -0.05) is 6.07 Å². The van der Waals surface area contributed by atoms with Crippen molar-refractivity contribution in [2.24, 2.45) is 0 Å². The summed E-state index contributed by atoms with van der Waals surface area (Å²) in [5.74, 6) is 0.618. The molecule has 0 spiro atoms. The Morgan fingerprint density at radius 2 is 1.73 bits per heavy atom. The van der Waals surface area contributed by atoms with E-state index >= 15 is 0 Å². The van der Waals surface area contributed by atoms with Crippen LogP contribution < -0.4 is 9.47 Å². The van der Waals surface area contributed by atoms with Crippen LogP contribution in [0.15, 0.2) is 18.2 Å². The van der Waals surface area contributed by atoms with Crippen LogP contribution >= 0.6 is 0 Å². The standard InChI is InChI=1S/C19H29BO6/c1-8-24-16-11-13(9-10-15(16)22-6)14(12-17(21)23-7)20-25-18(2,3)19(4,5)26-20/h9-11,14H,8,12H2,1-7H3. The summed E-state index contributed by atoms with van der Waals surface area (Å²) in [7, 11) is 2.41. The molecule has 0 radical (unpaired) electrons. The fourth-order valence-electron chi connectivity index (χ4n) is 2.88. The van der Waals surface area contributed by atoms with E-state index in [0.29, 0.717) is 18.1 Å². The minimum Gasteiger partial charge on any atom is -0.493 e. The molecule has 1 saturated heterocycles. The fourth-order valence-corrected chi connectivity index (χ4v) is 2.88. The van der Waals surface area contributed by atoms with Crippen molar-refractivity contribution in [3.05, 3.63) is 23.8 Å². The first-order valence-electron chi connectivity index (χ1n) is 8.88. The van der Waals surface area contributed by atoms with Crippen LogP contribution in [0.3, 0.4) is 0 Å². The SMILES string of the molecule is CCOc1cc(C(CC(=O)OC)B2OC(C)(C)C(C)(C)O2)ccc1OC. The molecule has 1 aliphatic rings. The van der Waals surface area contributed by atoms with Crippen molar-refractivity contribution in [2.45, 2.75) is 58.1 Å². The van der Waals surface area contributed by atoms with Crippen LogP contribution in [0.25, 0.3) is 0 Å². The van der Waals surface area contributed by atoms with Gasteiger partial charge in [-0.3, -0.25) is 4.79 Å². The first kappa shape index (κ1) is 20.6. The molecule has 1 atom stereocenters. The Bertz CT molecular complexity index is 627. The normalized spacial score (nSPS) is 19.1. The minimum absolute atomic E-state index is 0.144. The topological polar surface area (TPSA) is 63.2 Å². The summed E-state index contributed by atoms with van der Waals surface area (Å²) < 4.78 is 28.3. The second-order valence-electron chi connectivity index (χ2n) is 7.35. The van der Waals surface area contributed by atoms with Gasteiger partial charge in [-0.15, -0.1) is 0 Å². The highest BCUT2D eigenvalue weighted by Crippen LogP contribution is 2.43. The molecule has 1 aromatic carbocycles. The van der Waals surface area contributed by atoms with Crippen molar-refractivity contribution < 1.29 is 28.3 Å². The largest absolute Gasteiger partial charge is 0.493 e. The predicted octanol–water partition coefficient (Wildman–Crippen LogP) is 3.37. The molecule has 26 heavy (non-hydrogen) atoms. The van der Waals surface area contributed by atoms with Crippen molar-refractivity contribution in [3.63, 3.8) is 0 Å². The molecule has 1 aliphatic heterocycles. The number of carbonyl (C=O) groups excluding carboxylic acids is 1. The lowest BCUT2D eigenvalue weighted by Crippen LogP contribution is -2.41. The highest BCUT2D eigenvalue weighted by Gasteiger charge is 2.54. The molecule has 2 rings (SSSR count). The van der Waals surface area contributed by atoms with Crippen LogP contribution in [-0.4, -0.2) is 45.1 Å². The molecule has 0 aromatic heterocycles. The van der Waals surface area contributed by atoms with Gasteiger partial charge in [0.2, 0.25) is 0 Å². The number of methoxy groups -OCH3 is 2. The number of hydrogen-bond donors (Lipinski definition) is 0. The van der Waals surface area contributed by atoms with Crippen molar-refractivity contribution in [1.82, 2.24) is 0 Å². The van der Waals surface area contributed by atoms with Crippen molar-refractivity contribution in [1.29, 1.82) is 0 Å². The highest BCUT2D eigenvalue weighted by atomic mass is 16.7. The van der Waals surface area contributed by atoms with Gasteiger partial charge in [0.25, 0.3) is 0 Å². The van der Waals surface area contributed by atoms with Gasteiger partial charge >= 0.3 is 13.1 Å². The number of rotatable bonds is 7. The maximum absolute atomic E-state index is 12.0. The summed E-state index contributed by atoms with van der Waals surface area (Å²) in [4.78, 5) is 12.0. The molecule has 1 unspecified atom stereocenters. The lowest BCUT2D eigenvalue weighted by atomic mass is 9.66. The van der Waals surface area contributed by atoms with Gasteiger partial charge in [-0.2, -0.15) is 0 Å². The van der Waals surface area contributed by atoms with Crippen molar-refractivity contribution in [2.75, 3.05) is 20.8 Å². The van der Waals surface area contributed by atoms with Crippen molar-refractivity contribution in [3.8, 4) is 11.5 Å². The zero-order chi connectivity index (χ0) is 19.5. The van der Waals surface area contributed by atoms with E-state index in [0.717, 1.165) is 5.56 Å². The maximum atomic E-state index is 12.0. The average Bonchev–Trinajstić information content (AvgIpc) is 2.80. The maximum Gasteiger partial charge on any atom is 0.466 e. The summed E-state index contributed by atoms with van der Waals surface area (Å²) in [5.41, 5.74) is -0.0964. The average molecular weight is 364 g/mol. The lowest BCUT2D eigenvalue weighted by molar-refractivity contribution is -0.140. The van der Waals surface area contributed by atoms with Crippen LogP contribution in [0.5, 0.6) is 11.5 Å². The van der Waals surface area contributed by atoms with Gasteiger partial charge < -0.3 is 23.5 Å². The van der Waals surface area contributed by atoms with E-state index in [4.69, 9.17) is 23.5 Å². The van der Waals surface area contributed by atoms with Crippen molar-refractivity contribution >= 4 is 13.1 Å². The highest BCUT2D eigenvalue weighted by molar-refractivity contribution is 6.48. The number of carbonyl (C=O) groups is 1. The van der Waals surface area contributed by atoms with Crippen LogP contribution in [0.1, 0.15) is 52.4 Å². The third-order valence-electron chi connectivity index (χ3n) is 5.13. The molecule has 7 heteroatoms. The van der Waals surface area contributed by atoms with Gasteiger partial charge in [0.15, 0.2) is 11.5 Å². The molecule has 0 N–H and O–H groups in total. The zero-order valence-corrected chi connectivity index (χ0v) is 16.8. The van der Waals surface area contributed by atoms with Crippen LogP contribution in [-0.2, 0) is 18.8 Å². The smallest absolute Gasteiger partial charge is 0.466 e. The Hall–Kier alpha value is -1.73. The van der Waals surface area contributed by atoms with Gasteiger partial charge in [0, 0.05) is 5.82 Å². The van der Waals surface area contributed by atoms with Gasteiger partial charge in [0.1, 0.15) is 0 Å². The first-order valence-corrected chi connectivity index (χ1v) is 8.88. The third-order valence-corrected chi connectivity index (χ3v) is 5.13. The van der Waals surface area contributed by atoms with E-state index < -0.39 is 18.3 Å². The second kappa shape index (κ2) is 7.88. The van der Waals surface area contributed by atoms with Crippen LogP contribution in [0.2, 0.25) is 0 Å². The molecule has 1 heterocycles. The van der Waals surface area contributed by atoms with Crippen LogP contribution in [0, 0.1) is 0 Å². The van der Waals surface area contributed by atoms with E-state index in [1.54, 1.807) is 7.11 Å². The second-order valence-corrected chi connectivity index (χ2v) is 7.35. The van der Waals surface area contributed by atoms with Gasteiger partial charge in [0.05, 0.1) is 38.4 Å². The summed E-state index contributed by atoms with van der Waals surface area (Å²) in [5, 5.41) is 0. The van der Waals surface area contributed by atoms with E-state index in [-0.39, 0.29) is 18.2 Å². The summed E-state index contributed by atoms with van der Waals surface area (Å²) in [6.07, 6.45) is 0.144. The number of hydrogen-bond acceptors (Lipinski definition) is 6. The number of ether oxygens (including phenoxy) is 3. The molecule has 0 amide bonds. The molecule has 0 bridgehead atoms. The molecular formula is C19H29BO6. The summed E-state index contributed by atoms with van der Waals surface area (Å²) in [6, 6.07) is 5.61. The predicted molar refractivity (Wildman–Crippen MR) is 99.6 cm³/mol. The van der Waals surface area contributed by atoms with E-state index in [1.807, 2.05) is 52.8 Å². The molecule has 1 aromatic rings. The monoisotopic (exact) mass is 364 g/mol. The number of esters is 1. The molecule has 6 nitrogen and oxygen atoms in total. The molecular weight excluding hydrogens is 335 g/mol. The Morgan fingerprint density at radius 3 is 2.23 bits per heavy atom. The van der Waals surface area contributed by atoms with E-state index in [2.05, 4.69) is 0 Å². The van der Waals surface area contributed by atoms with Crippen LogP contribution in [0.4, 0.5) is 0 Å². The van der Waals surface area contributed by atoms with Gasteiger partial charge in [-0.05, 0) is 52.3 Å². The molecule has 0 aliphatic carbocycles. The first-order chi connectivity index (χ1) is 12.1. The Balaban J connectivity index is 2.40. The Morgan fingerprint density at radius 1 is 1.12 bits per heavy atom. The molecule has 0 saturated carbocycles. The minimum atomic E-state index is -0.568. The lowest BCUT2D eigenvalue weighted by Gasteiger charge is -2.32. The third kappa shape index (κ3) is 4.15.